The molecule has 110 valence electrons. The van der Waals surface area contributed by atoms with Gasteiger partial charge >= 0.3 is 5.97 Å². The smallest absolute Gasteiger partial charge is 0.355 e. The van der Waals surface area contributed by atoms with E-state index in [2.05, 4.69) is 4.90 Å². The number of carbonyl (C=O) groups is 1. The van der Waals surface area contributed by atoms with Crippen molar-refractivity contribution in [2.75, 3.05) is 32.8 Å². The zero-order valence-corrected chi connectivity index (χ0v) is 12.0. The van der Waals surface area contributed by atoms with Gasteiger partial charge in [0.2, 0.25) is 0 Å². The minimum atomic E-state index is -0.206. The van der Waals surface area contributed by atoms with E-state index in [1.165, 1.54) is 0 Å². The van der Waals surface area contributed by atoms with Gasteiger partial charge in [-0.05, 0) is 31.9 Å². The maximum atomic E-state index is 12.2. The number of ether oxygens (including phenoxy) is 2. The lowest BCUT2D eigenvalue weighted by atomic mass is 10.3. The predicted molar refractivity (Wildman–Crippen MR) is 74.8 cm³/mol. The van der Waals surface area contributed by atoms with Crippen molar-refractivity contribution in [2.24, 2.45) is 0 Å². The van der Waals surface area contributed by atoms with Crippen LogP contribution < -0.4 is 0 Å². The highest BCUT2D eigenvalue weighted by Gasteiger charge is 2.28. The molecule has 1 saturated carbocycles. The summed E-state index contributed by atoms with van der Waals surface area (Å²) in [6.07, 6.45) is 4.21. The van der Waals surface area contributed by atoms with E-state index in [9.17, 15) is 4.79 Å². The van der Waals surface area contributed by atoms with Crippen LogP contribution in [0.4, 0.5) is 0 Å². The van der Waals surface area contributed by atoms with Gasteiger partial charge in [0.15, 0.2) is 0 Å². The molecule has 1 aromatic rings. The van der Waals surface area contributed by atoms with Crippen molar-refractivity contribution in [3.8, 4) is 0 Å². The van der Waals surface area contributed by atoms with Gasteiger partial charge in [-0.25, -0.2) is 4.79 Å². The largest absolute Gasteiger partial charge is 0.457 e. The Bertz CT molecular complexity index is 461. The summed E-state index contributed by atoms with van der Waals surface area (Å²) < 4.78 is 12.9. The standard InChI is InChI=1S/C15H22N2O3/c1-12(11-16-7-9-19-10-8-16)20-15(18)14-3-2-6-17(14)13-4-5-13/h2-3,6,12-13H,4-5,7-11H2,1H3. The minimum Gasteiger partial charge on any atom is -0.457 e. The van der Waals surface area contributed by atoms with Gasteiger partial charge in [0.05, 0.1) is 13.2 Å². The molecule has 1 unspecified atom stereocenters. The molecule has 0 bridgehead atoms. The molecule has 20 heavy (non-hydrogen) atoms. The average molecular weight is 278 g/mol. The van der Waals surface area contributed by atoms with Crippen molar-refractivity contribution in [3.05, 3.63) is 24.0 Å². The number of hydrogen-bond donors (Lipinski definition) is 0. The van der Waals surface area contributed by atoms with E-state index in [0.717, 1.165) is 45.7 Å². The third-order valence-corrected chi connectivity index (χ3v) is 3.86. The van der Waals surface area contributed by atoms with Crippen LogP contribution in [-0.2, 0) is 9.47 Å². The van der Waals surface area contributed by atoms with Crippen molar-refractivity contribution >= 4 is 5.97 Å². The van der Waals surface area contributed by atoms with Crippen molar-refractivity contribution in [1.29, 1.82) is 0 Å². The monoisotopic (exact) mass is 278 g/mol. The van der Waals surface area contributed by atoms with E-state index in [4.69, 9.17) is 9.47 Å². The van der Waals surface area contributed by atoms with E-state index in [1.54, 1.807) is 0 Å². The van der Waals surface area contributed by atoms with Gasteiger partial charge in [0, 0.05) is 31.9 Å². The van der Waals surface area contributed by atoms with E-state index in [1.807, 2.05) is 29.8 Å². The molecule has 2 fully saturated rings. The molecule has 0 N–H and O–H groups in total. The summed E-state index contributed by atoms with van der Waals surface area (Å²) in [6, 6.07) is 4.27. The molecule has 1 aliphatic heterocycles. The van der Waals surface area contributed by atoms with Gasteiger partial charge in [0.25, 0.3) is 0 Å². The van der Waals surface area contributed by atoms with Gasteiger partial charge in [-0.2, -0.15) is 0 Å². The van der Waals surface area contributed by atoms with E-state index >= 15 is 0 Å². The maximum absolute atomic E-state index is 12.2. The Hall–Kier alpha value is -1.33. The van der Waals surface area contributed by atoms with Gasteiger partial charge in [0.1, 0.15) is 11.8 Å². The third-order valence-electron chi connectivity index (χ3n) is 3.86. The van der Waals surface area contributed by atoms with Crippen LogP contribution in [0.25, 0.3) is 0 Å². The Morgan fingerprint density at radius 3 is 2.90 bits per heavy atom. The molecule has 1 atom stereocenters. The molecule has 0 aromatic carbocycles. The third kappa shape index (κ3) is 3.22. The number of hydrogen-bond acceptors (Lipinski definition) is 4. The molecule has 3 rings (SSSR count). The molecule has 2 heterocycles. The van der Waals surface area contributed by atoms with Crippen LogP contribution >= 0.6 is 0 Å². The van der Waals surface area contributed by atoms with Crippen LogP contribution in [0, 0.1) is 0 Å². The zero-order valence-electron chi connectivity index (χ0n) is 12.0. The molecule has 1 aliphatic carbocycles. The Balaban J connectivity index is 1.53. The molecule has 0 spiro atoms. The van der Waals surface area contributed by atoms with E-state index in [-0.39, 0.29) is 12.1 Å². The number of esters is 1. The highest BCUT2D eigenvalue weighted by molar-refractivity contribution is 5.88. The zero-order chi connectivity index (χ0) is 13.9. The second kappa shape index (κ2) is 5.97. The SMILES string of the molecule is CC(CN1CCOCC1)OC(=O)c1cccn1C1CC1. The van der Waals surface area contributed by atoms with Gasteiger partial charge < -0.3 is 14.0 Å². The van der Waals surface area contributed by atoms with E-state index in [0.29, 0.717) is 11.7 Å². The summed E-state index contributed by atoms with van der Waals surface area (Å²) >= 11 is 0. The van der Waals surface area contributed by atoms with Crippen molar-refractivity contribution in [2.45, 2.75) is 31.9 Å². The maximum Gasteiger partial charge on any atom is 0.355 e. The predicted octanol–water partition coefficient (Wildman–Crippen LogP) is 1.70. The molecule has 0 radical (unpaired) electrons. The second-order valence-corrected chi connectivity index (χ2v) is 5.66. The first-order valence-electron chi connectivity index (χ1n) is 7.42. The number of nitrogens with zero attached hydrogens (tertiary/aromatic N) is 2. The Morgan fingerprint density at radius 2 is 2.20 bits per heavy atom. The fourth-order valence-electron chi connectivity index (χ4n) is 2.67. The highest BCUT2D eigenvalue weighted by atomic mass is 16.5. The first kappa shape index (κ1) is 13.6. The molecule has 1 saturated heterocycles. The summed E-state index contributed by atoms with van der Waals surface area (Å²) in [6.45, 7) is 6.11. The quantitative estimate of drug-likeness (QED) is 0.769. The van der Waals surface area contributed by atoms with Gasteiger partial charge in [-0.15, -0.1) is 0 Å². The van der Waals surface area contributed by atoms with Crippen LogP contribution in [0.1, 0.15) is 36.3 Å². The summed E-state index contributed by atoms with van der Waals surface area (Å²) in [5.74, 6) is -0.206. The van der Waals surface area contributed by atoms with Crippen molar-refractivity contribution in [3.63, 3.8) is 0 Å². The second-order valence-electron chi connectivity index (χ2n) is 5.66. The lowest BCUT2D eigenvalue weighted by molar-refractivity contribution is -0.000147. The van der Waals surface area contributed by atoms with Crippen LogP contribution in [0.3, 0.4) is 0 Å². The van der Waals surface area contributed by atoms with Crippen molar-refractivity contribution in [1.82, 2.24) is 9.47 Å². The number of morpholine rings is 1. The summed E-state index contributed by atoms with van der Waals surface area (Å²) in [5.41, 5.74) is 0.682. The fraction of sp³-hybridized carbons (Fsp3) is 0.667. The first-order chi connectivity index (χ1) is 9.74. The van der Waals surface area contributed by atoms with Crippen LogP contribution in [0.5, 0.6) is 0 Å². The van der Waals surface area contributed by atoms with Crippen molar-refractivity contribution < 1.29 is 14.3 Å². The Labute approximate surface area is 119 Å². The molecule has 0 amide bonds. The van der Waals surface area contributed by atoms with Crippen LogP contribution in [-0.4, -0.2) is 54.4 Å². The summed E-state index contributed by atoms with van der Waals surface area (Å²) in [7, 11) is 0. The molecule has 2 aliphatic rings. The topological polar surface area (TPSA) is 43.7 Å². The lowest BCUT2D eigenvalue weighted by Crippen LogP contribution is -2.41. The Kier molecular flexibility index (Phi) is 4.08. The summed E-state index contributed by atoms with van der Waals surface area (Å²) in [5, 5.41) is 0. The minimum absolute atomic E-state index is 0.0943. The number of aromatic nitrogens is 1. The average Bonchev–Trinajstić information content (AvgIpc) is 3.16. The first-order valence-corrected chi connectivity index (χ1v) is 7.42. The van der Waals surface area contributed by atoms with Crippen LogP contribution in [0.15, 0.2) is 18.3 Å². The summed E-state index contributed by atoms with van der Waals surface area (Å²) in [4.78, 5) is 14.5. The van der Waals surface area contributed by atoms with Gasteiger partial charge in [-0.3, -0.25) is 4.90 Å². The van der Waals surface area contributed by atoms with Gasteiger partial charge in [-0.1, -0.05) is 0 Å². The molecular weight excluding hydrogens is 256 g/mol. The number of carbonyl (C=O) groups excluding carboxylic acids is 1. The van der Waals surface area contributed by atoms with E-state index < -0.39 is 0 Å². The fourth-order valence-corrected chi connectivity index (χ4v) is 2.67. The molecular formula is C15H22N2O3. The Morgan fingerprint density at radius 1 is 1.45 bits per heavy atom. The normalized spacial score (nSPS) is 21.6. The lowest BCUT2D eigenvalue weighted by Gasteiger charge is -2.28. The highest BCUT2D eigenvalue weighted by Crippen LogP contribution is 2.36. The molecule has 5 heteroatoms. The molecule has 5 nitrogen and oxygen atoms in total. The molecule has 1 aromatic heterocycles. The van der Waals surface area contributed by atoms with Crippen LogP contribution in [0.2, 0.25) is 0 Å². The number of rotatable bonds is 5.